The minimum atomic E-state index is -0.372. The number of pyridine rings is 1. The number of aliphatic hydroxyl groups is 1. The number of benzene rings is 1. The van der Waals surface area contributed by atoms with Crippen LogP contribution in [0.4, 0.5) is 0 Å². The Morgan fingerprint density at radius 2 is 1.95 bits per heavy atom. The zero-order chi connectivity index (χ0) is 14.4. The van der Waals surface area contributed by atoms with Gasteiger partial charge in [0.2, 0.25) is 0 Å². The van der Waals surface area contributed by atoms with Crippen LogP contribution < -0.4 is 0 Å². The van der Waals surface area contributed by atoms with Gasteiger partial charge in [0.25, 0.3) is 0 Å². The normalized spacial score (nSPS) is 12.3. The van der Waals surface area contributed by atoms with Gasteiger partial charge in [-0.15, -0.1) is 11.8 Å². The highest BCUT2D eigenvalue weighted by Gasteiger charge is 2.07. The van der Waals surface area contributed by atoms with E-state index in [9.17, 15) is 5.11 Å². The lowest BCUT2D eigenvalue weighted by molar-refractivity contribution is 0.199. The standard InChI is InChI=1S/C16H18BrNOS/c1-2-12-3-6-14(18-10-12)9-15(19)11-20-16-7-4-13(17)5-8-16/h3-8,10,15,19H,2,9,11H2,1H3. The van der Waals surface area contributed by atoms with Crippen molar-refractivity contribution in [2.75, 3.05) is 5.75 Å². The Labute approximate surface area is 132 Å². The molecular formula is C16H18BrNOS. The molecule has 0 aliphatic carbocycles. The molecule has 0 saturated carbocycles. The maximum atomic E-state index is 10.1. The number of aryl methyl sites for hydroxylation is 1. The molecule has 1 N–H and O–H groups in total. The fourth-order valence-electron chi connectivity index (χ4n) is 1.81. The van der Waals surface area contributed by atoms with E-state index in [0.717, 1.165) is 16.6 Å². The topological polar surface area (TPSA) is 33.1 Å². The quantitative estimate of drug-likeness (QED) is 0.795. The highest BCUT2D eigenvalue weighted by atomic mass is 79.9. The molecule has 2 aromatic rings. The molecule has 1 aromatic carbocycles. The SMILES string of the molecule is CCc1ccc(CC(O)CSc2ccc(Br)cc2)nc1. The molecule has 0 aliphatic rings. The first-order valence-electron chi connectivity index (χ1n) is 6.67. The molecule has 20 heavy (non-hydrogen) atoms. The number of rotatable bonds is 6. The Bertz CT molecular complexity index is 527. The lowest BCUT2D eigenvalue weighted by atomic mass is 10.1. The summed E-state index contributed by atoms with van der Waals surface area (Å²) in [5.41, 5.74) is 2.18. The largest absolute Gasteiger partial charge is 0.392 e. The van der Waals surface area contributed by atoms with E-state index >= 15 is 0 Å². The van der Waals surface area contributed by atoms with Gasteiger partial charge in [-0.3, -0.25) is 4.98 Å². The summed E-state index contributed by atoms with van der Waals surface area (Å²) in [5.74, 6) is 0.679. The molecular weight excluding hydrogens is 334 g/mol. The van der Waals surface area contributed by atoms with Gasteiger partial charge in [0.1, 0.15) is 0 Å². The maximum absolute atomic E-state index is 10.1. The van der Waals surface area contributed by atoms with Crippen molar-refractivity contribution in [3.05, 3.63) is 58.3 Å². The third kappa shape index (κ3) is 4.93. The van der Waals surface area contributed by atoms with Crippen LogP contribution in [-0.4, -0.2) is 21.9 Å². The highest BCUT2D eigenvalue weighted by molar-refractivity contribution is 9.10. The van der Waals surface area contributed by atoms with E-state index < -0.39 is 0 Å². The van der Waals surface area contributed by atoms with Gasteiger partial charge in [0.15, 0.2) is 0 Å². The van der Waals surface area contributed by atoms with Crippen LogP contribution in [0.3, 0.4) is 0 Å². The van der Waals surface area contributed by atoms with Crippen LogP contribution in [0.25, 0.3) is 0 Å². The fraction of sp³-hybridized carbons (Fsp3) is 0.312. The molecule has 106 valence electrons. The summed E-state index contributed by atoms with van der Waals surface area (Å²) in [7, 11) is 0. The van der Waals surface area contributed by atoms with Crippen molar-refractivity contribution >= 4 is 27.7 Å². The minimum absolute atomic E-state index is 0.372. The summed E-state index contributed by atoms with van der Waals surface area (Å²) < 4.78 is 1.07. The number of halogens is 1. The van der Waals surface area contributed by atoms with Crippen LogP contribution in [0, 0.1) is 0 Å². The van der Waals surface area contributed by atoms with Crippen LogP contribution in [0.2, 0.25) is 0 Å². The molecule has 1 heterocycles. The van der Waals surface area contributed by atoms with Gasteiger partial charge in [0, 0.05) is 33.4 Å². The van der Waals surface area contributed by atoms with E-state index in [2.05, 4.69) is 46.0 Å². The lowest BCUT2D eigenvalue weighted by Crippen LogP contribution is -2.14. The van der Waals surface area contributed by atoms with Crippen molar-refractivity contribution in [2.45, 2.75) is 30.8 Å². The molecule has 0 spiro atoms. The van der Waals surface area contributed by atoms with Gasteiger partial charge in [-0.25, -0.2) is 0 Å². The zero-order valence-corrected chi connectivity index (χ0v) is 13.8. The van der Waals surface area contributed by atoms with Crippen LogP contribution in [-0.2, 0) is 12.8 Å². The lowest BCUT2D eigenvalue weighted by Gasteiger charge is -2.10. The van der Waals surface area contributed by atoms with E-state index in [1.54, 1.807) is 11.8 Å². The number of hydrogen-bond donors (Lipinski definition) is 1. The molecule has 0 radical (unpaired) electrons. The van der Waals surface area contributed by atoms with Gasteiger partial charge < -0.3 is 5.11 Å². The third-order valence-corrected chi connectivity index (χ3v) is 4.68. The second-order valence-electron chi connectivity index (χ2n) is 4.63. The highest BCUT2D eigenvalue weighted by Crippen LogP contribution is 2.21. The Morgan fingerprint density at radius 3 is 2.55 bits per heavy atom. The van der Waals surface area contributed by atoms with Crippen molar-refractivity contribution in [2.24, 2.45) is 0 Å². The van der Waals surface area contributed by atoms with Gasteiger partial charge in [-0.1, -0.05) is 28.9 Å². The summed E-state index contributed by atoms with van der Waals surface area (Å²) in [6.07, 6.45) is 3.12. The van der Waals surface area contributed by atoms with Crippen molar-refractivity contribution in [3.8, 4) is 0 Å². The third-order valence-electron chi connectivity index (χ3n) is 3.00. The Balaban J connectivity index is 1.82. The number of thioether (sulfide) groups is 1. The monoisotopic (exact) mass is 351 g/mol. The molecule has 2 nitrogen and oxygen atoms in total. The van der Waals surface area contributed by atoms with Crippen LogP contribution in [0.1, 0.15) is 18.2 Å². The molecule has 1 aromatic heterocycles. The first kappa shape index (κ1) is 15.5. The van der Waals surface area contributed by atoms with E-state index in [4.69, 9.17) is 0 Å². The molecule has 1 unspecified atom stereocenters. The number of aliphatic hydroxyl groups excluding tert-OH is 1. The molecule has 0 bridgehead atoms. The van der Waals surface area contributed by atoms with E-state index in [0.29, 0.717) is 12.2 Å². The molecule has 2 rings (SSSR count). The molecule has 1 atom stereocenters. The van der Waals surface area contributed by atoms with Crippen LogP contribution in [0.5, 0.6) is 0 Å². The second kappa shape index (κ2) is 7.81. The summed E-state index contributed by atoms with van der Waals surface area (Å²) in [6.45, 7) is 2.11. The number of aromatic nitrogens is 1. The summed E-state index contributed by atoms with van der Waals surface area (Å²) in [6, 6.07) is 12.2. The van der Waals surface area contributed by atoms with Crippen molar-refractivity contribution in [1.29, 1.82) is 0 Å². The maximum Gasteiger partial charge on any atom is 0.0689 e. The predicted octanol–water partition coefficient (Wildman–Crippen LogP) is 4.10. The van der Waals surface area contributed by atoms with Crippen molar-refractivity contribution in [3.63, 3.8) is 0 Å². The summed E-state index contributed by atoms with van der Waals surface area (Å²) in [4.78, 5) is 5.55. The molecule has 0 amide bonds. The average molecular weight is 352 g/mol. The van der Waals surface area contributed by atoms with Gasteiger partial charge in [-0.2, -0.15) is 0 Å². The summed E-state index contributed by atoms with van der Waals surface area (Å²) >= 11 is 5.08. The van der Waals surface area contributed by atoms with Gasteiger partial charge >= 0.3 is 0 Å². The molecule has 0 saturated heterocycles. The zero-order valence-electron chi connectivity index (χ0n) is 11.4. The second-order valence-corrected chi connectivity index (χ2v) is 6.64. The Hall–Kier alpha value is -0.840. The molecule has 4 heteroatoms. The van der Waals surface area contributed by atoms with Crippen molar-refractivity contribution < 1.29 is 5.11 Å². The van der Waals surface area contributed by atoms with E-state index in [-0.39, 0.29) is 6.10 Å². The number of nitrogens with zero attached hydrogens (tertiary/aromatic N) is 1. The van der Waals surface area contributed by atoms with Gasteiger partial charge in [0.05, 0.1) is 6.10 Å². The summed E-state index contributed by atoms with van der Waals surface area (Å²) in [5, 5.41) is 10.1. The fourth-order valence-corrected chi connectivity index (χ4v) is 2.90. The molecule has 0 fully saturated rings. The van der Waals surface area contributed by atoms with Gasteiger partial charge in [-0.05, 0) is 42.3 Å². The number of hydrogen-bond acceptors (Lipinski definition) is 3. The van der Waals surface area contributed by atoms with E-state index in [1.807, 2.05) is 24.4 Å². The average Bonchev–Trinajstić information content (AvgIpc) is 2.47. The van der Waals surface area contributed by atoms with Crippen molar-refractivity contribution in [1.82, 2.24) is 4.98 Å². The molecule has 0 aliphatic heterocycles. The van der Waals surface area contributed by atoms with Crippen LogP contribution in [0.15, 0.2) is 52.0 Å². The first-order chi connectivity index (χ1) is 9.67. The van der Waals surface area contributed by atoms with Crippen LogP contribution >= 0.6 is 27.7 Å². The predicted molar refractivity (Wildman–Crippen MR) is 88.2 cm³/mol. The first-order valence-corrected chi connectivity index (χ1v) is 8.45. The Morgan fingerprint density at radius 1 is 1.20 bits per heavy atom. The Kier molecular flexibility index (Phi) is 6.07. The smallest absolute Gasteiger partial charge is 0.0689 e. The minimum Gasteiger partial charge on any atom is -0.392 e. The van der Waals surface area contributed by atoms with E-state index in [1.165, 1.54) is 10.5 Å².